The van der Waals surface area contributed by atoms with Gasteiger partial charge in [-0.2, -0.15) is 0 Å². The van der Waals surface area contributed by atoms with Crippen molar-refractivity contribution in [3.05, 3.63) is 64.1 Å². The summed E-state index contributed by atoms with van der Waals surface area (Å²) in [6.45, 7) is 1.61. The average Bonchev–Trinajstić information content (AvgIpc) is 2.44. The lowest BCUT2D eigenvalue weighted by Gasteiger charge is -2.21. The Morgan fingerprint density at radius 3 is 2.53 bits per heavy atom. The van der Waals surface area contributed by atoms with Crippen LogP contribution in [-0.2, 0) is 6.42 Å². The first kappa shape index (κ1) is 13.4. The molecule has 4 heteroatoms. The zero-order valence-electron chi connectivity index (χ0n) is 10.8. The van der Waals surface area contributed by atoms with E-state index in [4.69, 9.17) is 0 Å². The van der Waals surface area contributed by atoms with Crippen LogP contribution in [0.5, 0.6) is 5.75 Å². The van der Waals surface area contributed by atoms with Gasteiger partial charge in [0.2, 0.25) is 5.43 Å². The number of aromatic nitrogens is 1. The van der Waals surface area contributed by atoms with Crippen LogP contribution in [0.2, 0.25) is 0 Å². The minimum Gasteiger partial charge on any atom is -0.503 e. The van der Waals surface area contributed by atoms with Gasteiger partial charge >= 0.3 is 0 Å². The predicted octanol–water partition coefficient (Wildman–Crippen LogP) is 1.64. The number of aliphatic hydroxyl groups is 1. The lowest BCUT2D eigenvalue weighted by atomic mass is 10.1. The average molecular weight is 259 g/mol. The van der Waals surface area contributed by atoms with Crippen LogP contribution in [0.15, 0.2) is 47.4 Å². The maximum absolute atomic E-state index is 11.3. The lowest BCUT2D eigenvalue weighted by molar-refractivity contribution is 0.224. The molecule has 19 heavy (non-hydrogen) atoms. The maximum atomic E-state index is 11.3. The van der Waals surface area contributed by atoms with Crippen molar-refractivity contribution in [2.45, 2.75) is 19.4 Å². The molecule has 1 aromatic carbocycles. The minimum atomic E-state index is -0.398. The summed E-state index contributed by atoms with van der Waals surface area (Å²) in [5.74, 6) is -0.256. The first-order valence-corrected chi connectivity index (χ1v) is 6.19. The van der Waals surface area contributed by atoms with Gasteiger partial charge in [0.05, 0.1) is 18.3 Å². The summed E-state index contributed by atoms with van der Waals surface area (Å²) in [5.41, 5.74) is 1.17. The molecule has 1 heterocycles. The lowest BCUT2D eigenvalue weighted by Crippen LogP contribution is -2.20. The Hall–Kier alpha value is -2.07. The van der Waals surface area contributed by atoms with Crippen molar-refractivity contribution in [1.29, 1.82) is 0 Å². The van der Waals surface area contributed by atoms with Crippen molar-refractivity contribution in [3.8, 4) is 5.75 Å². The molecule has 0 fully saturated rings. The molecule has 0 radical (unpaired) electrons. The van der Waals surface area contributed by atoms with Crippen molar-refractivity contribution >= 4 is 0 Å². The molecule has 0 aliphatic rings. The standard InChI is InChI=1S/C15H17NO3/c1-11-15(19)14(18)7-8-16(11)13(10-17)9-12-5-3-2-4-6-12/h2-8,13,17,19H,9-10H2,1H3/t13-/m0/s1. The molecule has 1 atom stereocenters. The van der Waals surface area contributed by atoms with Gasteiger partial charge in [0.25, 0.3) is 0 Å². The summed E-state index contributed by atoms with van der Waals surface area (Å²) in [6, 6.07) is 10.9. The van der Waals surface area contributed by atoms with Gasteiger partial charge in [-0.3, -0.25) is 4.79 Å². The summed E-state index contributed by atoms with van der Waals surface area (Å²) >= 11 is 0. The Balaban J connectivity index is 2.33. The molecule has 2 aromatic rings. The van der Waals surface area contributed by atoms with Gasteiger partial charge in [0, 0.05) is 12.3 Å². The maximum Gasteiger partial charge on any atom is 0.223 e. The largest absolute Gasteiger partial charge is 0.503 e. The molecule has 4 nitrogen and oxygen atoms in total. The fourth-order valence-electron chi connectivity index (χ4n) is 2.17. The number of aliphatic hydroxyl groups excluding tert-OH is 1. The third kappa shape index (κ3) is 2.85. The molecular formula is C15H17NO3. The number of benzene rings is 1. The Morgan fingerprint density at radius 2 is 1.89 bits per heavy atom. The summed E-state index contributed by atoms with van der Waals surface area (Å²) in [4.78, 5) is 11.3. The molecule has 2 N–H and O–H groups in total. The van der Waals surface area contributed by atoms with E-state index in [0.717, 1.165) is 5.56 Å². The molecular weight excluding hydrogens is 242 g/mol. The monoisotopic (exact) mass is 259 g/mol. The third-order valence-corrected chi connectivity index (χ3v) is 3.27. The van der Waals surface area contributed by atoms with Crippen LogP contribution in [-0.4, -0.2) is 21.4 Å². The van der Waals surface area contributed by atoms with E-state index in [0.29, 0.717) is 12.1 Å². The zero-order valence-corrected chi connectivity index (χ0v) is 10.8. The summed E-state index contributed by atoms with van der Waals surface area (Å²) in [7, 11) is 0. The van der Waals surface area contributed by atoms with E-state index in [1.165, 1.54) is 6.07 Å². The molecule has 0 unspecified atom stereocenters. The fraction of sp³-hybridized carbons (Fsp3) is 0.267. The van der Waals surface area contributed by atoms with Crippen LogP contribution in [0.1, 0.15) is 17.3 Å². The van der Waals surface area contributed by atoms with Crippen molar-refractivity contribution in [3.63, 3.8) is 0 Å². The van der Waals surface area contributed by atoms with E-state index >= 15 is 0 Å². The van der Waals surface area contributed by atoms with Crippen LogP contribution in [0.3, 0.4) is 0 Å². The van der Waals surface area contributed by atoms with Crippen LogP contribution in [0.4, 0.5) is 0 Å². The molecule has 0 bridgehead atoms. The van der Waals surface area contributed by atoms with Gasteiger partial charge in [-0.1, -0.05) is 30.3 Å². The van der Waals surface area contributed by atoms with Crippen molar-refractivity contribution in [1.82, 2.24) is 4.57 Å². The third-order valence-electron chi connectivity index (χ3n) is 3.27. The highest BCUT2D eigenvalue weighted by molar-refractivity contribution is 5.26. The topological polar surface area (TPSA) is 62.5 Å². The van der Waals surface area contributed by atoms with E-state index in [2.05, 4.69) is 0 Å². The zero-order chi connectivity index (χ0) is 13.8. The molecule has 1 aromatic heterocycles. The Kier molecular flexibility index (Phi) is 4.02. The molecule has 0 spiro atoms. The van der Waals surface area contributed by atoms with Gasteiger partial charge in [-0.25, -0.2) is 0 Å². The smallest absolute Gasteiger partial charge is 0.223 e. The highest BCUT2D eigenvalue weighted by Gasteiger charge is 2.14. The Bertz CT molecular complexity index is 605. The molecule has 100 valence electrons. The van der Waals surface area contributed by atoms with Crippen molar-refractivity contribution in [2.24, 2.45) is 0 Å². The fourth-order valence-corrected chi connectivity index (χ4v) is 2.17. The number of hydrogen-bond donors (Lipinski definition) is 2. The highest BCUT2D eigenvalue weighted by Crippen LogP contribution is 2.19. The van der Waals surface area contributed by atoms with Crippen molar-refractivity contribution in [2.75, 3.05) is 6.61 Å². The van der Waals surface area contributed by atoms with E-state index < -0.39 is 5.43 Å². The van der Waals surface area contributed by atoms with E-state index in [9.17, 15) is 15.0 Å². The molecule has 0 aliphatic carbocycles. The van der Waals surface area contributed by atoms with Gasteiger partial charge in [0.15, 0.2) is 5.75 Å². The molecule has 0 saturated carbocycles. The summed E-state index contributed by atoms with van der Waals surface area (Å²) in [6.07, 6.45) is 2.25. The quantitative estimate of drug-likeness (QED) is 0.877. The SMILES string of the molecule is Cc1c(O)c(=O)ccn1[C@H](CO)Cc1ccccc1. The highest BCUT2D eigenvalue weighted by atomic mass is 16.3. The second-order valence-corrected chi connectivity index (χ2v) is 4.55. The predicted molar refractivity (Wildman–Crippen MR) is 73.4 cm³/mol. The van der Waals surface area contributed by atoms with Gasteiger partial charge in [-0.05, 0) is 18.9 Å². The first-order chi connectivity index (χ1) is 9.13. The van der Waals surface area contributed by atoms with E-state index in [1.54, 1.807) is 17.7 Å². The normalized spacial score (nSPS) is 12.3. The van der Waals surface area contributed by atoms with Gasteiger partial charge < -0.3 is 14.8 Å². The number of aromatic hydroxyl groups is 1. The Morgan fingerprint density at radius 1 is 1.21 bits per heavy atom. The minimum absolute atomic E-state index is 0.0575. The number of pyridine rings is 1. The molecule has 0 amide bonds. The van der Waals surface area contributed by atoms with Crippen LogP contribution in [0, 0.1) is 6.92 Å². The number of nitrogens with zero attached hydrogens (tertiary/aromatic N) is 1. The van der Waals surface area contributed by atoms with E-state index in [-0.39, 0.29) is 18.4 Å². The van der Waals surface area contributed by atoms with Crippen LogP contribution < -0.4 is 5.43 Å². The van der Waals surface area contributed by atoms with E-state index in [1.807, 2.05) is 30.3 Å². The second-order valence-electron chi connectivity index (χ2n) is 4.55. The summed E-state index contributed by atoms with van der Waals surface area (Å²) in [5, 5.41) is 19.2. The molecule has 0 saturated heterocycles. The van der Waals surface area contributed by atoms with Gasteiger partial charge in [-0.15, -0.1) is 0 Å². The number of hydrogen-bond acceptors (Lipinski definition) is 3. The Labute approximate surface area is 111 Å². The first-order valence-electron chi connectivity index (χ1n) is 6.19. The van der Waals surface area contributed by atoms with Crippen LogP contribution in [0.25, 0.3) is 0 Å². The molecule has 2 rings (SSSR count). The van der Waals surface area contributed by atoms with Crippen LogP contribution >= 0.6 is 0 Å². The second kappa shape index (κ2) is 5.71. The van der Waals surface area contributed by atoms with Crippen molar-refractivity contribution < 1.29 is 10.2 Å². The molecule has 0 aliphatic heterocycles. The summed E-state index contributed by atoms with van der Waals surface area (Å²) < 4.78 is 1.74. The number of rotatable bonds is 4. The van der Waals surface area contributed by atoms with Gasteiger partial charge in [0.1, 0.15) is 0 Å².